The monoisotopic (exact) mass is 236 g/mol. The van der Waals surface area contributed by atoms with E-state index in [4.69, 9.17) is 4.74 Å². The molecule has 88 valence electrons. The summed E-state index contributed by atoms with van der Waals surface area (Å²) in [5.74, 6) is -1.69. The average Bonchev–Trinajstić information content (AvgIpc) is 2.33. The predicted molar refractivity (Wildman–Crippen MR) is 60.0 cm³/mol. The molecular weight excluding hydrogens is 226 g/mol. The summed E-state index contributed by atoms with van der Waals surface area (Å²) < 4.78 is 31.6. The molecule has 2 nitrogen and oxygen atoms in total. The lowest BCUT2D eigenvalue weighted by molar-refractivity contribution is 0.387. The number of rotatable bonds is 2. The Kier molecular flexibility index (Phi) is 2.95. The number of hydrogen-bond acceptors (Lipinski definition) is 2. The molecule has 0 aliphatic carbocycles. The van der Waals surface area contributed by atoms with Crippen LogP contribution in [0.15, 0.2) is 36.4 Å². The van der Waals surface area contributed by atoms with Gasteiger partial charge in [0, 0.05) is 5.56 Å². The van der Waals surface area contributed by atoms with Crippen molar-refractivity contribution in [2.24, 2.45) is 0 Å². The van der Waals surface area contributed by atoms with Gasteiger partial charge in [0.15, 0.2) is 23.1 Å². The Morgan fingerprint density at radius 2 is 1.88 bits per heavy atom. The van der Waals surface area contributed by atoms with Crippen molar-refractivity contribution >= 4 is 0 Å². The Labute approximate surface area is 97.1 Å². The number of halogens is 2. The summed E-state index contributed by atoms with van der Waals surface area (Å²) in [7, 11) is 1.37. The third kappa shape index (κ3) is 2.06. The summed E-state index contributed by atoms with van der Waals surface area (Å²) in [4.78, 5) is 0. The molecule has 17 heavy (non-hydrogen) atoms. The molecule has 0 bridgehead atoms. The maximum absolute atomic E-state index is 13.9. The highest BCUT2D eigenvalue weighted by Crippen LogP contribution is 2.31. The second-order valence-electron chi connectivity index (χ2n) is 3.49. The molecule has 2 aromatic rings. The van der Waals surface area contributed by atoms with Crippen LogP contribution < -0.4 is 4.74 Å². The van der Waals surface area contributed by atoms with E-state index in [1.807, 2.05) is 0 Å². The average molecular weight is 236 g/mol. The fourth-order valence-electron chi connectivity index (χ4n) is 1.57. The molecule has 0 spiro atoms. The first-order chi connectivity index (χ1) is 8.13. The van der Waals surface area contributed by atoms with E-state index in [1.54, 1.807) is 6.07 Å². The van der Waals surface area contributed by atoms with Crippen LogP contribution in [0, 0.1) is 11.6 Å². The SMILES string of the molecule is COc1cccc(-c2ccc(F)c(O)c2)c1F. The van der Waals surface area contributed by atoms with Crippen molar-refractivity contribution < 1.29 is 18.6 Å². The molecule has 4 heteroatoms. The van der Waals surface area contributed by atoms with Crippen molar-refractivity contribution in [2.45, 2.75) is 0 Å². The summed E-state index contributed by atoms with van der Waals surface area (Å²) >= 11 is 0. The topological polar surface area (TPSA) is 29.5 Å². The zero-order valence-corrected chi connectivity index (χ0v) is 9.08. The van der Waals surface area contributed by atoms with Gasteiger partial charge in [-0.25, -0.2) is 8.78 Å². The summed E-state index contributed by atoms with van der Waals surface area (Å²) in [5.41, 5.74) is 0.639. The number of phenolic OH excluding ortho intramolecular Hbond substituents is 1. The highest BCUT2D eigenvalue weighted by atomic mass is 19.1. The first kappa shape index (κ1) is 11.4. The van der Waals surface area contributed by atoms with E-state index in [2.05, 4.69) is 0 Å². The number of ether oxygens (including phenoxy) is 1. The van der Waals surface area contributed by atoms with Gasteiger partial charge in [-0.2, -0.15) is 0 Å². The Morgan fingerprint density at radius 1 is 1.12 bits per heavy atom. The summed E-state index contributed by atoms with van der Waals surface area (Å²) in [6.45, 7) is 0. The van der Waals surface area contributed by atoms with Crippen LogP contribution in [0.5, 0.6) is 11.5 Å². The summed E-state index contributed by atoms with van der Waals surface area (Å²) in [6, 6.07) is 8.30. The van der Waals surface area contributed by atoms with Gasteiger partial charge in [-0.05, 0) is 23.8 Å². The molecule has 2 rings (SSSR count). The second kappa shape index (κ2) is 4.41. The van der Waals surface area contributed by atoms with Crippen molar-refractivity contribution in [1.82, 2.24) is 0 Å². The van der Waals surface area contributed by atoms with Crippen LogP contribution in [0.4, 0.5) is 8.78 Å². The van der Waals surface area contributed by atoms with Gasteiger partial charge in [-0.15, -0.1) is 0 Å². The number of benzene rings is 2. The molecule has 0 heterocycles. The van der Waals surface area contributed by atoms with Gasteiger partial charge in [0.25, 0.3) is 0 Å². The van der Waals surface area contributed by atoms with Gasteiger partial charge < -0.3 is 9.84 Å². The van der Waals surface area contributed by atoms with E-state index < -0.39 is 17.4 Å². The predicted octanol–water partition coefficient (Wildman–Crippen LogP) is 3.35. The molecule has 0 unspecified atom stereocenters. The van der Waals surface area contributed by atoms with E-state index in [-0.39, 0.29) is 11.3 Å². The van der Waals surface area contributed by atoms with E-state index in [9.17, 15) is 13.9 Å². The first-order valence-corrected chi connectivity index (χ1v) is 4.95. The van der Waals surface area contributed by atoms with Crippen molar-refractivity contribution in [3.8, 4) is 22.6 Å². The van der Waals surface area contributed by atoms with Crippen molar-refractivity contribution in [2.75, 3.05) is 7.11 Å². The summed E-state index contributed by atoms with van der Waals surface area (Å²) in [6.07, 6.45) is 0. The Bertz CT molecular complexity index is 553. The molecule has 0 aliphatic heterocycles. The Balaban J connectivity index is 2.56. The maximum atomic E-state index is 13.9. The van der Waals surface area contributed by atoms with Crippen LogP contribution >= 0.6 is 0 Å². The molecular formula is C13H10F2O2. The normalized spacial score (nSPS) is 10.3. The van der Waals surface area contributed by atoms with Crippen LogP contribution in [0.25, 0.3) is 11.1 Å². The fourth-order valence-corrected chi connectivity index (χ4v) is 1.57. The van der Waals surface area contributed by atoms with Gasteiger partial charge in [-0.3, -0.25) is 0 Å². The lowest BCUT2D eigenvalue weighted by Gasteiger charge is -2.08. The fraction of sp³-hybridized carbons (Fsp3) is 0.0769. The number of methoxy groups -OCH3 is 1. The second-order valence-corrected chi connectivity index (χ2v) is 3.49. The number of phenols is 1. The van der Waals surface area contributed by atoms with Gasteiger partial charge in [0.1, 0.15) is 0 Å². The smallest absolute Gasteiger partial charge is 0.172 e. The highest BCUT2D eigenvalue weighted by molar-refractivity contribution is 5.67. The van der Waals surface area contributed by atoms with Crippen molar-refractivity contribution in [1.29, 1.82) is 0 Å². The van der Waals surface area contributed by atoms with Crippen LogP contribution in [-0.4, -0.2) is 12.2 Å². The largest absolute Gasteiger partial charge is 0.505 e. The Hall–Kier alpha value is -2.10. The molecule has 0 aliphatic rings. The highest BCUT2D eigenvalue weighted by Gasteiger charge is 2.11. The zero-order chi connectivity index (χ0) is 12.4. The van der Waals surface area contributed by atoms with Crippen molar-refractivity contribution in [3.05, 3.63) is 48.0 Å². The molecule has 0 atom stereocenters. The molecule has 0 radical (unpaired) electrons. The van der Waals surface area contributed by atoms with Crippen LogP contribution in [0.1, 0.15) is 0 Å². The number of aromatic hydroxyl groups is 1. The van der Waals surface area contributed by atoms with Gasteiger partial charge in [0.05, 0.1) is 7.11 Å². The van der Waals surface area contributed by atoms with Gasteiger partial charge in [0.2, 0.25) is 0 Å². The van der Waals surface area contributed by atoms with Crippen LogP contribution in [0.2, 0.25) is 0 Å². The van der Waals surface area contributed by atoms with E-state index in [0.717, 1.165) is 6.07 Å². The minimum atomic E-state index is -0.739. The molecule has 0 aromatic heterocycles. The quantitative estimate of drug-likeness (QED) is 0.866. The molecule has 0 saturated heterocycles. The summed E-state index contributed by atoms with van der Waals surface area (Å²) in [5, 5.41) is 9.25. The molecule has 0 fully saturated rings. The van der Waals surface area contributed by atoms with Crippen molar-refractivity contribution in [3.63, 3.8) is 0 Å². The van der Waals surface area contributed by atoms with Crippen LogP contribution in [-0.2, 0) is 0 Å². The standard InChI is InChI=1S/C13H10F2O2/c1-17-12-4-2-3-9(13(12)15)8-5-6-10(14)11(16)7-8/h2-7,16H,1H3. The van der Waals surface area contributed by atoms with E-state index in [0.29, 0.717) is 5.56 Å². The minimum Gasteiger partial charge on any atom is -0.505 e. The lowest BCUT2D eigenvalue weighted by Crippen LogP contribution is -1.91. The lowest BCUT2D eigenvalue weighted by atomic mass is 10.0. The van der Waals surface area contributed by atoms with Gasteiger partial charge >= 0.3 is 0 Å². The van der Waals surface area contributed by atoms with Crippen LogP contribution in [0.3, 0.4) is 0 Å². The third-order valence-electron chi connectivity index (χ3n) is 2.44. The molecule has 0 amide bonds. The minimum absolute atomic E-state index is 0.103. The molecule has 0 saturated carbocycles. The zero-order valence-electron chi connectivity index (χ0n) is 9.08. The molecule has 2 aromatic carbocycles. The van der Waals surface area contributed by atoms with E-state index in [1.165, 1.54) is 31.4 Å². The maximum Gasteiger partial charge on any atom is 0.172 e. The number of hydrogen-bond donors (Lipinski definition) is 1. The first-order valence-electron chi connectivity index (χ1n) is 4.95. The third-order valence-corrected chi connectivity index (χ3v) is 2.44. The van der Waals surface area contributed by atoms with Gasteiger partial charge in [-0.1, -0.05) is 18.2 Å². The van der Waals surface area contributed by atoms with E-state index >= 15 is 0 Å². The molecule has 1 N–H and O–H groups in total. The Morgan fingerprint density at radius 3 is 2.53 bits per heavy atom.